The number of likely N-dealkylation sites (N-methyl/N-ethyl adjacent to an activating group) is 1. The number of rotatable bonds is 65. The Morgan fingerprint density at radius 1 is 0.360 bits per heavy atom. The number of unbranched alkanes of at least 4 members (excludes halogenated alkanes) is 32. The predicted octanol–water partition coefficient (Wildman–Crippen LogP) is 22.2. The van der Waals surface area contributed by atoms with Crippen molar-refractivity contribution in [3.8, 4) is 0 Å². The quantitative estimate of drug-likeness (QED) is 0.0211. The molecule has 9 heteroatoms. The topological polar surface area (TPSA) is 108 Å². The molecular formula is C77H134NO8+. The first-order valence-corrected chi connectivity index (χ1v) is 35.6. The molecule has 0 aromatic rings. The van der Waals surface area contributed by atoms with Crippen molar-refractivity contribution in [3.05, 3.63) is 109 Å². The maximum absolute atomic E-state index is 12.9. The van der Waals surface area contributed by atoms with Crippen molar-refractivity contribution in [2.75, 3.05) is 47.5 Å². The summed E-state index contributed by atoms with van der Waals surface area (Å²) in [7, 11) is 5.96. The van der Waals surface area contributed by atoms with Crippen LogP contribution < -0.4 is 0 Å². The second-order valence-electron chi connectivity index (χ2n) is 24.8. The van der Waals surface area contributed by atoms with Crippen LogP contribution in [0.3, 0.4) is 0 Å². The Balaban J connectivity index is 4.19. The molecule has 86 heavy (non-hydrogen) atoms. The Hall–Kier alpha value is -4.05. The van der Waals surface area contributed by atoms with Gasteiger partial charge in [0.25, 0.3) is 6.29 Å². The van der Waals surface area contributed by atoms with Gasteiger partial charge >= 0.3 is 17.9 Å². The van der Waals surface area contributed by atoms with Crippen LogP contribution in [-0.4, -0.2) is 87.4 Å². The van der Waals surface area contributed by atoms with Crippen LogP contribution in [0, 0.1) is 0 Å². The second kappa shape index (κ2) is 66.9. The molecule has 0 rings (SSSR count). The average molecular weight is 1200 g/mol. The Labute approximate surface area is 530 Å². The Morgan fingerprint density at radius 3 is 0.988 bits per heavy atom. The number of ether oxygens (including phenoxy) is 4. The molecule has 0 spiro atoms. The van der Waals surface area contributed by atoms with E-state index in [2.05, 4.69) is 123 Å². The van der Waals surface area contributed by atoms with E-state index in [1.165, 1.54) is 173 Å². The number of nitrogens with zero attached hydrogens (tertiary/aromatic N) is 1. The second-order valence-corrected chi connectivity index (χ2v) is 24.8. The van der Waals surface area contributed by atoms with Gasteiger partial charge in [-0.1, -0.05) is 316 Å². The molecule has 0 saturated carbocycles. The number of hydrogen-bond donors (Lipinski definition) is 1. The van der Waals surface area contributed by atoms with Crippen LogP contribution in [0.2, 0.25) is 0 Å². The van der Waals surface area contributed by atoms with E-state index in [0.717, 1.165) is 96.3 Å². The van der Waals surface area contributed by atoms with Crippen LogP contribution in [-0.2, 0) is 33.3 Å². The molecule has 0 heterocycles. The van der Waals surface area contributed by atoms with Crippen LogP contribution in [0.25, 0.3) is 0 Å². The van der Waals surface area contributed by atoms with Gasteiger partial charge in [-0.15, -0.1) is 0 Å². The van der Waals surface area contributed by atoms with Gasteiger partial charge in [0.05, 0.1) is 34.4 Å². The molecule has 0 aliphatic heterocycles. The lowest BCUT2D eigenvalue weighted by molar-refractivity contribution is -0.870. The number of esters is 2. The molecule has 0 aliphatic carbocycles. The average Bonchev–Trinajstić information content (AvgIpc) is 3.64. The van der Waals surface area contributed by atoms with Crippen LogP contribution in [0.5, 0.6) is 0 Å². The van der Waals surface area contributed by atoms with Crippen molar-refractivity contribution in [1.29, 1.82) is 0 Å². The van der Waals surface area contributed by atoms with Crippen LogP contribution >= 0.6 is 0 Å². The number of carbonyl (C=O) groups is 3. The van der Waals surface area contributed by atoms with E-state index in [9.17, 15) is 19.5 Å². The summed E-state index contributed by atoms with van der Waals surface area (Å²) in [5.74, 6) is -2.05. The summed E-state index contributed by atoms with van der Waals surface area (Å²) in [4.78, 5) is 37.6. The van der Waals surface area contributed by atoms with Crippen LogP contribution in [0.4, 0.5) is 0 Å². The number of aliphatic carboxylic acids is 1. The molecule has 494 valence electrons. The van der Waals surface area contributed by atoms with Gasteiger partial charge in [-0.3, -0.25) is 9.59 Å². The highest BCUT2D eigenvalue weighted by Gasteiger charge is 2.25. The molecular weight excluding hydrogens is 1070 g/mol. The van der Waals surface area contributed by atoms with Crippen molar-refractivity contribution in [2.24, 2.45) is 0 Å². The molecule has 0 fully saturated rings. The lowest BCUT2D eigenvalue weighted by atomic mass is 10.0. The summed E-state index contributed by atoms with van der Waals surface area (Å²) in [6.45, 7) is 4.75. The van der Waals surface area contributed by atoms with Gasteiger partial charge in [-0.05, 0) is 83.5 Å². The molecule has 2 unspecified atom stereocenters. The molecule has 1 N–H and O–H groups in total. The minimum Gasteiger partial charge on any atom is -0.477 e. The highest BCUT2D eigenvalue weighted by atomic mass is 16.7. The maximum atomic E-state index is 12.9. The number of hydrogen-bond acceptors (Lipinski definition) is 7. The molecule has 0 aromatic heterocycles. The van der Waals surface area contributed by atoms with E-state index in [1.54, 1.807) is 0 Å². The summed E-state index contributed by atoms with van der Waals surface area (Å²) in [6.07, 6.45) is 90.7. The number of carboxylic acid groups (broad SMARTS) is 1. The SMILES string of the molecule is CC/C=C\C/C=C\C/C=C\C/C=C\C/C=C\C/C=C\C/C=C\C/C=C\C/C=C\CCCCCC(=O)OC(COC(=O)CCCCCCCCCCCCCCCCCCCCCCCCCCCCCCCC)COC(OCC[N+](C)(C)C)C(=O)O. The summed E-state index contributed by atoms with van der Waals surface area (Å²) in [5, 5.41) is 9.75. The van der Waals surface area contributed by atoms with Crippen molar-refractivity contribution in [2.45, 2.75) is 315 Å². The first kappa shape index (κ1) is 82.0. The van der Waals surface area contributed by atoms with Crippen molar-refractivity contribution in [3.63, 3.8) is 0 Å². The van der Waals surface area contributed by atoms with Gasteiger partial charge in [0, 0.05) is 12.8 Å². The van der Waals surface area contributed by atoms with Gasteiger partial charge in [-0.25, -0.2) is 4.79 Å². The van der Waals surface area contributed by atoms with E-state index >= 15 is 0 Å². The van der Waals surface area contributed by atoms with Crippen molar-refractivity contribution >= 4 is 17.9 Å². The molecule has 0 amide bonds. The summed E-state index contributed by atoms with van der Waals surface area (Å²) in [5.41, 5.74) is 0. The number of carboxylic acids is 1. The normalized spacial score (nSPS) is 13.4. The third-order valence-electron chi connectivity index (χ3n) is 15.3. The Bertz CT molecular complexity index is 1780. The largest absolute Gasteiger partial charge is 0.477 e. The van der Waals surface area contributed by atoms with E-state index in [1.807, 2.05) is 21.1 Å². The smallest absolute Gasteiger partial charge is 0.361 e. The highest BCUT2D eigenvalue weighted by molar-refractivity contribution is 5.71. The number of quaternary nitrogens is 1. The summed E-state index contributed by atoms with van der Waals surface area (Å²) in [6, 6.07) is 0. The maximum Gasteiger partial charge on any atom is 0.361 e. The summed E-state index contributed by atoms with van der Waals surface area (Å²) >= 11 is 0. The first-order chi connectivity index (χ1) is 42.1. The fourth-order valence-corrected chi connectivity index (χ4v) is 9.89. The van der Waals surface area contributed by atoms with Crippen LogP contribution in [0.15, 0.2) is 109 Å². The first-order valence-electron chi connectivity index (χ1n) is 35.6. The molecule has 0 aliphatic rings. The standard InChI is InChI=1S/C77H133NO8/c1-6-8-10-12-14-16-18-20-22-24-26-28-30-32-34-36-38-40-42-44-46-48-50-52-54-56-58-60-62-64-66-68-75(80)86-73(72-85-77(76(81)82)83-70-69-78(3,4)5)71-84-74(79)67-65-63-61-59-57-55-53-51-49-47-45-43-41-39-37-35-33-31-29-27-25-23-21-19-17-15-13-11-9-7-2/h8,10,14,16,20,22,26,28,32,34,38,40,44,46,50,52,56,58,73,77H,6-7,9,11-13,15,17-19,21,23-25,27,29-31,33,35-37,39,41-43,45,47-49,51,53-55,57,59-72H2,1-5H3/p+1/b10-8-,16-14-,22-20-,28-26-,34-32-,40-38-,46-44-,52-50-,58-56-. The molecule has 9 nitrogen and oxygen atoms in total. The Morgan fingerprint density at radius 2 is 0.663 bits per heavy atom. The predicted molar refractivity (Wildman–Crippen MR) is 368 cm³/mol. The zero-order valence-electron chi connectivity index (χ0n) is 56.4. The molecule has 0 aromatic carbocycles. The van der Waals surface area contributed by atoms with Gasteiger partial charge < -0.3 is 28.5 Å². The zero-order chi connectivity index (χ0) is 62.6. The molecule has 0 saturated heterocycles. The van der Waals surface area contributed by atoms with Gasteiger partial charge in [0.1, 0.15) is 13.2 Å². The molecule has 0 radical (unpaired) electrons. The van der Waals surface area contributed by atoms with E-state index in [0.29, 0.717) is 23.9 Å². The highest BCUT2D eigenvalue weighted by Crippen LogP contribution is 2.18. The van der Waals surface area contributed by atoms with Gasteiger partial charge in [0.15, 0.2) is 6.10 Å². The van der Waals surface area contributed by atoms with E-state index in [4.69, 9.17) is 18.9 Å². The number of carbonyl (C=O) groups excluding carboxylic acids is 2. The fourth-order valence-electron chi connectivity index (χ4n) is 9.89. The van der Waals surface area contributed by atoms with E-state index < -0.39 is 24.3 Å². The lowest BCUT2D eigenvalue weighted by Crippen LogP contribution is -2.40. The fraction of sp³-hybridized carbons (Fsp3) is 0.727. The molecule has 2 atom stereocenters. The third kappa shape index (κ3) is 67.5. The van der Waals surface area contributed by atoms with Gasteiger partial charge in [-0.2, -0.15) is 0 Å². The third-order valence-corrected chi connectivity index (χ3v) is 15.3. The van der Waals surface area contributed by atoms with Crippen LogP contribution in [0.1, 0.15) is 303 Å². The van der Waals surface area contributed by atoms with Crippen molar-refractivity contribution in [1.82, 2.24) is 0 Å². The molecule has 0 bridgehead atoms. The minimum atomic E-state index is -1.53. The van der Waals surface area contributed by atoms with Crippen molar-refractivity contribution < 1.29 is 42.9 Å². The van der Waals surface area contributed by atoms with Gasteiger partial charge in [0.2, 0.25) is 0 Å². The monoisotopic (exact) mass is 1200 g/mol. The lowest BCUT2D eigenvalue weighted by Gasteiger charge is -2.25. The van der Waals surface area contributed by atoms with E-state index in [-0.39, 0.29) is 32.2 Å². The number of allylic oxidation sites excluding steroid dienone is 18. The summed E-state index contributed by atoms with van der Waals surface area (Å²) < 4.78 is 22.9. The zero-order valence-corrected chi connectivity index (χ0v) is 56.4. The Kier molecular flexibility index (Phi) is 63.7. The minimum absolute atomic E-state index is 0.177.